The Morgan fingerprint density at radius 3 is 2.48 bits per heavy atom. The number of anilines is 2. The monoisotopic (exact) mass is 408 g/mol. The number of hydrogen-bond acceptors (Lipinski definition) is 8. The van der Waals surface area contributed by atoms with Crippen LogP contribution in [-0.4, -0.2) is 40.3 Å². The van der Waals surface area contributed by atoms with Crippen LogP contribution in [0.2, 0.25) is 0 Å². The normalized spacial score (nSPS) is 10.3. The maximum atomic E-state index is 12.0. The minimum atomic E-state index is -0.399. The van der Waals surface area contributed by atoms with E-state index < -0.39 is 5.97 Å². The molecule has 0 radical (unpaired) electrons. The molecule has 0 bridgehead atoms. The average molecular weight is 409 g/mol. The predicted molar refractivity (Wildman–Crippen MR) is 105 cm³/mol. The first-order valence-corrected chi connectivity index (χ1v) is 10.1. The van der Waals surface area contributed by atoms with Gasteiger partial charge in [-0.25, -0.2) is 4.79 Å². The van der Waals surface area contributed by atoms with Crippen LogP contribution in [0.1, 0.15) is 37.0 Å². The summed E-state index contributed by atoms with van der Waals surface area (Å²) in [5.41, 5.74) is 1.01. The Labute approximate surface area is 165 Å². The third-order valence-corrected chi connectivity index (χ3v) is 5.11. The molecule has 2 N–H and O–H groups in total. The van der Waals surface area contributed by atoms with Gasteiger partial charge in [-0.3, -0.25) is 9.59 Å². The van der Waals surface area contributed by atoms with Gasteiger partial charge in [-0.2, -0.15) is 0 Å². The number of nitrogens with one attached hydrogen (secondary N) is 2. The summed E-state index contributed by atoms with van der Waals surface area (Å²) >= 11 is 2.45. The number of carbonyl (C=O) groups excluding carboxylic acids is 3. The van der Waals surface area contributed by atoms with E-state index in [1.807, 2.05) is 6.92 Å². The van der Waals surface area contributed by atoms with E-state index >= 15 is 0 Å². The molecule has 144 valence electrons. The number of esters is 1. The lowest BCUT2D eigenvalue weighted by molar-refractivity contribution is -0.116. The molecule has 1 aromatic heterocycles. The largest absolute Gasteiger partial charge is 0.462 e. The van der Waals surface area contributed by atoms with Crippen molar-refractivity contribution < 1.29 is 19.1 Å². The summed E-state index contributed by atoms with van der Waals surface area (Å²) in [6, 6.07) is 6.47. The fourth-order valence-electron chi connectivity index (χ4n) is 1.96. The van der Waals surface area contributed by atoms with E-state index in [1.54, 1.807) is 31.2 Å². The molecular weight excluding hydrogens is 388 g/mol. The van der Waals surface area contributed by atoms with E-state index in [9.17, 15) is 14.4 Å². The zero-order valence-corrected chi connectivity index (χ0v) is 16.6. The van der Waals surface area contributed by atoms with Crippen molar-refractivity contribution >= 4 is 51.7 Å². The van der Waals surface area contributed by atoms with Gasteiger partial charge < -0.3 is 15.4 Å². The molecule has 1 aromatic carbocycles. The number of aromatic nitrogens is 2. The Kier molecular flexibility index (Phi) is 8.21. The van der Waals surface area contributed by atoms with Gasteiger partial charge in [-0.15, -0.1) is 10.2 Å². The summed E-state index contributed by atoms with van der Waals surface area (Å²) in [5.74, 6) is -0.564. The molecule has 0 saturated carbocycles. The first-order valence-electron chi connectivity index (χ1n) is 8.35. The highest BCUT2D eigenvalue weighted by Crippen LogP contribution is 2.25. The van der Waals surface area contributed by atoms with Crippen LogP contribution in [0, 0.1) is 0 Å². The van der Waals surface area contributed by atoms with Gasteiger partial charge in [0.25, 0.3) is 0 Å². The standard InChI is InChI=1S/C17H20N4O4S2/c1-3-5-13(22)19-16-20-21-17(27-16)26-10-14(23)18-12-8-6-11(7-9-12)15(24)25-4-2/h6-9H,3-5,10H2,1-2H3,(H,18,23)(H,19,20,22). The lowest BCUT2D eigenvalue weighted by atomic mass is 10.2. The first-order chi connectivity index (χ1) is 13.0. The Morgan fingerprint density at radius 2 is 1.81 bits per heavy atom. The summed E-state index contributed by atoms with van der Waals surface area (Å²) in [6.45, 7) is 3.97. The third-order valence-electron chi connectivity index (χ3n) is 3.14. The van der Waals surface area contributed by atoms with Crippen LogP contribution in [0.15, 0.2) is 28.6 Å². The van der Waals surface area contributed by atoms with E-state index in [4.69, 9.17) is 4.74 Å². The van der Waals surface area contributed by atoms with E-state index in [0.717, 1.165) is 6.42 Å². The molecule has 2 rings (SSSR count). The summed E-state index contributed by atoms with van der Waals surface area (Å²) < 4.78 is 5.50. The molecule has 0 aliphatic heterocycles. The molecule has 2 amide bonds. The second-order valence-electron chi connectivity index (χ2n) is 5.31. The van der Waals surface area contributed by atoms with Gasteiger partial charge in [0.1, 0.15) is 0 Å². The summed E-state index contributed by atoms with van der Waals surface area (Å²) in [6.07, 6.45) is 1.19. The zero-order valence-electron chi connectivity index (χ0n) is 15.0. The van der Waals surface area contributed by atoms with Gasteiger partial charge >= 0.3 is 5.97 Å². The molecule has 10 heteroatoms. The van der Waals surface area contributed by atoms with Crippen LogP contribution in [0.3, 0.4) is 0 Å². The fraction of sp³-hybridized carbons (Fsp3) is 0.353. The van der Waals surface area contributed by atoms with Crippen molar-refractivity contribution in [2.24, 2.45) is 0 Å². The lowest BCUT2D eigenvalue weighted by Crippen LogP contribution is -2.14. The maximum Gasteiger partial charge on any atom is 0.338 e. The molecule has 1 heterocycles. The zero-order chi connectivity index (χ0) is 19.6. The number of thioether (sulfide) groups is 1. The minimum absolute atomic E-state index is 0.103. The Morgan fingerprint density at radius 1 is 1.07 bits per heavy atom. The molecule has 0 saturated heterocycles. The van der Waals surface area contributed by atoms with E-state index in [2.05, 4.69) is 20.8 Å². The van der Waals surface area contributed by atoms with Crippen molar-refractivity contribution in [3.63, 3.8) is 0 Å². The second-order valence-corrected chi connectivity index (χ2v) is 7.51. The Hall–Kier alpha value is -2.46. The van der Waals surface area contributed by atoms with Crippen molar-refractivity contribution in [3.8, 4) is 0 Å². The summed E-state index contributed by atoms with van der Waals surface area (Å²) in [7, 11) is 0. The smallest absolute Gasteiger partial charge is 0.338 e. The SMILES string of the molecule is CCCC(=O)Nc1nnc(SCC(=O)Nc2ccc(C(=O)OCC)cc2)s1. The van der Waals surface area contributed by atoms with Crippen molar-refractivity contribution in [1.29, 1.82) is 0 Å². The highest BCUT2D eigenvalue weighted by atomic mass is 32.2. The van der Waals surface area contributed by atoms with Gasteiger partial charge in [0, 0.05) is 12.1 Å². The lowest BCUT2D eigenvalue weighted by Gasteiger charge is -2.06. The molecule has 0 fully saturated rings. The number of rotatable bonds is 9. The molecule has 2 aromatic rings. The molecule has 0 spiro atoms. The molecule has 0 unspecified atom stereocenters. The minimum Gasteiger partial charge on any atom is -0.462 e. The topological polar surface area (TPSA) is 110 Å². The van der Waals surface area contributed by atoms with Gasteiger partial charge in [0.15, 0.2) is 4.34 Å². The quantitative estimate of drug-likeness (QED) is 0.372. The maximum absolute atomic E-state index is 12.0. The van der Waals surface area contributed by atoms with E-state index in [1.165, 1.54) is 23.1 Å². The first kappa shape index (κ1) is 20.8. The van der Waals surface area contributed by atoms with Crippen molar-refractivity contribution in [2.45, 2.75) is 31.0 Å². The highest BCUT2D eigenvalue weighted by Gasteiger charge is 2.11. The van der Waals surface area contributed by atoms with Crippen molar-refractivity contribution in [3.05, 3.63) is 29.8 Å². The van der Waals surface area contributed by atoms with Crippen LogP contribution in [0.4, 0.5) is 10.8 Å². The van der Waals surface area contributed by atoms with Crippen LogP contribution in [-0.2, 0) is 14.3 Å². The van der Waals surface area contributed by atoms with E-state index in [-0.39, 0.29) is 17.6 Å². The van der Waals surface area contributed by atoms with Crippen molar-refractivity contribution in [2.75, 3.05) is 23.0 Å². The molecular formula is C17H20N4O4S2. The number of nitrogens with zero attached hydrogens (tertiary/aromatic N) is 2. The number of hydrogen-bond donors (Lipinski definition) is 2. The molecule has 0 atom stereocenters. The predicted octanol–water partition coefficient (Wildman–Crippen LogP) is 3.18. The van der Waals surface area contributed by atoms with E-state index in [0.29, 0.717) is 33.7 Å². The van der Waals surface area contributed by atoms with Crippen LogP contribution in [0.5, 0.6) is 0 Å². The number of benzene rings is 1. The van der Waals surface area contributed by atoms with Gasteiger partial charge in [0.05, 0.1) is 17.9 Å². The van der Waals surface area contributed by atoms with Crippen LogP contribution < -0.4 is 10.6 Å². The molecule has 0 aliphatic carbocycles. The average Bonchev–Trinajstić information content (AvgIpc) is 3.08. The number of carbonyl (C=O) groups is 3. The summed E-state index contributed by atoms with van der Waals surface area (Å²) in [5, 5.41) is 13.7. The van der Waals surface area contributed by atoms with Gasteiger partial charge in [-0.1, -0.05) is 30.0 Å². The summed E-state index contributed by atoms with van der Waals surface area (Å²) in [4.78, 5) is 35.2. The second kappa shape index (κ2) is 10.6. The molecule has 0 aliphatic rings. The molecule has 27 heavy (non-hydrogen) atoms. The number of ether oxygens (including phenoxy) is 1. The number of amides is 2. The Bertz CT molecular complexity index is 792. The van der Waals surface area contributed by atoms with Gasteiger partial charge in [-0.05, 0) is 37.6 Å². The third kappa shape index (κ3) is 6.99. The fourth-order valence-corrected chi connectivity index (χ4v) is 3.52. The van der Waals surface area contributed by atoms with Gasteiger partial charge in [0.2, 0.25) is 16.9 Å². The Balaban J connectivity index is 1.80. The van der Waals surface area contributed by atoms with Crippen molar-refractivity contribution in [1.82, 2.24) is 10.2 Å². The van der Waals surface area contributed by atoms with Crippen LogP contribution in [0.25, 0.3) is 0 Å². The van der Waals surface area contributed by atoms with Crippen LogP contribution >= 0.6 is 23.1 Å². The highest BCUT2D eigenvalue weighted by molar-refractivity contribution is 8.01. The molecule has 8 nitrogen and oxygen atoms in total.